The predicted octanol–water partition coefficient (Wildman–Crippen LogP) is 4.11. The molecule has 0 aliphatic rings. The van der Waals surface area contributed by atoms with Crippen LogP contribution in [-0.2, 0) is 6.54 Å². The van der Waals surface area contributed by atoms with E-state index in [4.69, 9.17) is 11.6 Å². The zero-order valence-electron chi connectivity index (χ0n) is 12.9. The van der Waals surface area contributed by atoms with Gasteiger partial charge in [-0.15, -0.1) is 0 Å². The summed E-state index contributed by atoms with van der Waals surface area (Å²) in [4.78, 5) is 12.4. The van der Waals surface area contributed by atoms with Crippen LogP contribution in [-0.4, -0.2) is 16.1 Å². The molecule has 0 aliphatic heterocycles. The Kier molecular flexibility index (Phi) is 4.62. The Labute approximate surface area is 143 Å². The average molecular weight is 344 g/mol. The van der Waals surface area contributed by atoms with Gasteiger partial charge in [-0.2, -0.15) is 5.10 Å². The Hall–Kier alpha value is -2.66. The lowest BCUT2D eigenvalue weighted by atomic mass is 10.1. The summed E-state index contributed by atoms with van der Waals surface area (Å²) in [5.74, 6) is -0.688. The molecule has 3 aromatic rings. The molecule has 0 atom stereocenters. The monoisotopic (exact) mass is 343 g/mol. The summed E-state index contributed by atoms with van der Waals surface area (Å²) in [6.07, 6.45) is 1.49. The van der Waals surface area contributed by atoms with E-state index in [2.05, 4.69) is 15.5 Å². The number of aromatic amines is 1. The van der Waals surface area contributed by atoms with Crippen LogP contribution in [0.5, 0.6) is 0 Å². The first-order chi connectivity index (χ1) is 11.5. The number of halogens is 2. The normalized spacial score (nSPS) is 10.6. The van der Waals surface area contributed by atoms with Crippen molar-refractivity contribution in [3.63, 3.8) is 0 Å². The minimum absolute atomic E-state index is 0.205. The van der Waals surface area contributed by atoms with Gasteiger partial charge < -0.3 is 5.32 Å². The number of H-pyrrole nitrogens is 1. The maximum absolute atomic E-state index is 13.1. The summed E-state index contributed by atoms with van der Waals surface area (Å²) in [5.41, 5.74) is 3.72. The first-order valence-electron chi connectivity index (χ1n) is 7.37. The number of nitrogens with one attached hydrogen (secondary N) is 2. The topological polar surface area (TPSA) is 57.8 Å². The van der Waals surface area contributed by atoms with Gasteiger partial charge in [0.1, 0.15) is 5.82 Å². The number of rotatable bonds is 4. The minimum atomic E-state index is -0.411. The van der Waals surface area contributed by atoms with Gasteiger partial charge in [-0.05, 0) is 30.7 Å². The van der Waals surface area contributed by atoms with Gasteiger partial charge in [0.2, 0.25) is 0 Å². The van der Waals surface area contributed by atoms with Crippen LogP contribution in [0.1, 0.15) is 21.5 Å². The van der Waals surface area contributed by atoms with Crippen molar-refractivity contribution in [3.05, 3.63) is 76.2 Å². The second-order valence-corrected chi connectivity index (χ2v) is 5.85. The van der Waals surface area contributed by atoms with Crippen LogP contribution in [0.3, 0.4) is 0 Å². The lowest BCUT2D eigenvalue weighted by Crippen LogP contribution is -2.23. The maximum Gasteiger partial charge on any atom is 0.255 e. The Bertz CT molecular complexity index is 891. The van der Waals surface area contributed by atoms with Crippen LogP contribution >= 0.6 is 11.6 Å². The second kappa shape index (κ2) is 6.84. The molecule has 4 nitrogen and oxygen atoms in total. The molecule has 0 bridgehead atoms. The molecule has 2 N–H and O–H groups in total. The molecule has 1 heterocycles. The summed E-state index contributed by atoms with van der Waals surface area (Å²) in [7, 11) is 0. The van der Waals surface area contributed by atoms with E-state index < -0.39 is 5.82 Å². The number of nitrogens with zero attached hydrogens (tertiary/aromatic N) is 1. The highest BCUT2D eigenvalue weighted by Gasteiger charge is 2.15. The zero-order valence-corrected chi connectivity index (χ0v) is 13.7. The molecule has 6 heteroatoms. The molecule has 1 amide bonds. The van der Waals surface area contributed by atoms with Crippen LogP contribution in [0.4, 0.5) is 4.39 Å². The maximum atomic E-state index is 13.1. The van der Waals surface area contributed by atoms with Crippen LogP contribution < -0.4 is 5.32 Å². The van der Waals surface area contributed by atoms with Gasteiger partial charge >= 0.3 is 0 Å². The van der Waals surface area contributed by atoms with E-state index in [9.17, 15) is 9.18 Å². The van der Waals surface area contributed by atoms with Crippen molar-refractivity contribution in [2.24, 2.45) is 0 Å². The summed E-state index contributed by atoms with van der Waals surface area (Å²) >= 11 is 5.97. The molecule has 2 aromatic carbocycles. The minimum Gasteiger partial charge on any atom is -0.348 e. The molecular weight excluding hydrogens is 329 g/mol. The molecular formula is C18H15ClFN3O. The van der Waals surface area contributed by atoms with E-state index in [0.717, 1.165) is 11.1 Å². The van der Waals surface area contributed by atoms with Gasteiger partial charge in [-0.25, -0.2) is 4.39 Å². The molecule has 0 fully saturated rings. The average Bonchev–Trinajstić information content (AvgIpc) is 3.03. The van der Waals surface area contributed by atoms with Gasteiger partial charge in [0.25, 0.3) is 5.91 Å². The number of hydrogen-bond donors (Lipinski definition) is 2. The zero-order chi connectivity index (χ0) is 17.1. The summed E-state index contributed by atoms with van der Waals surface area (Å²) in [5, 5.41) is 9.89. The SMILES string of the molecule is Cc1cccc(-c2[nH]ncc2C(=O)NCc2ccc(F)cc2Cl)c1. The summed E-state index contributed by atoms with van der Waals surface area (Å²) in [6.45, 7) is 2.19. The summed E-state index contributed by atoms with van der Waals surface area (Å²) < 4.78 is 13.1. The summed E-state index contributed by atoms with van der Waals surface area (Å²) in [6, 6.07) is 11.9. The third-order valence-corrected chi connectivity index (χ3v) is 4.00. The molecule has 0 radical (unpaired) electrons. The van der Waals surface area contributed by atoms with Gasteiger partial charge in [0, 0.05) is 17.1 Å². The predicted molar refractivity (Wildman–Crippen MR) is 91.3 cm³/mol. The van der Waals surface area contributed by atoms with Crippen molar-refractivity contribution in [3.8, 4) is 11.3 Å². The fourth-order valence-electron chi connectivity index (χ4n) is 2.41. The van der Waals surface area contributed by atoms with Crippen molar-refractivity contribution < 1.29 is 9.18 Å². The fraction of sp³-hybridized carbons (Fsp3) is 0.111. The molecule has 0 unspecified atom stereocenters. The van der Waals surface area contributed by atoms with Crippen molar-refractivity contribution in [2.45, 2.75) is 13.5 Å². The largest absolute Gasteiger partial charge is 0.348 e. The van der Waals surface area contributed by atoms with E-state index in [1.807, 2.05) is 31.2 Å². The molecule has 0 saturated heterocycles. The molecule has 122 valence electrons. The molecule has 3 rings (SSSR count). The van der Waals surface area contributed by atoms with Gasteiger partial charge in [-0.1, -0.05) is 41.4 Å². The highest BCUT2D eigenvalue weighted by atomic mass is 35.5. The fourth-order valence-corrected chi connectivity index (χ4v) is 2.65. The Morgan fingerprint density at radius 3 is 2.88 bits per heavy atom. The van der Waals surface area contributed by atoms with Crippen molar-refractivity contribution in [1.29, 1.82) is 0 Å². The number of carbonyl (C=O) groups is 1. The highest BCUT2D eigenvalue weighted by molar-refractivity contribution is 6.31. The van der Waals surface area contributed by atoms with Crippen LogP contribution in [0.2, 0.25) is 5.02 Å². The van der Waals surface area contributed by atoms with Crippen LogP contribution in [0.15, 0.2) is 48.7 Å². The number of aromatic nitrogens is 2. The smallest absolute Gasteiger partial charge is 0.255 e. The Morgan fingerprint density at radius 1 is 1.29 bits per heavy atom. The van der Waals surface area contributed by atoms with Gasteiger partial charge in [0.15, 0.2) is 0 Å². The van der Waals surface area contributed by atoms with Crippen molar-refractivity contribution >= 4 is 17.5 Å². The number of aryl methyl sites for hydroxylation is 1. The van der Waals surface area contributed by atoms with E-state index in [0.29, 0.717) is 16.8 Å². The van der Waals surface area contributed by atoms with E-state index in [1.54, 1.807) is 6.07 Å². The molecule has 0 spiro atoms. The second-order valence-electron chi connectivity index (χ2n) is 5.45. The van der Waals surface area contributed by atoms with Crippen LogP contribution in [0.25, 0.3) is 11.3 Å². The molecule has 0 aliphatic carbocycles. The number of carbonyl (C=O) groups excluding carboxylic acids is 1. The van der Waals surface area contributed by atoms with E-state index in [1.165, 1.54) is 18.3 Å². The number of benzene rings is 2. The Balaban J connectivity index is 1.78. The van der Waals surface area contributed by atoms with Crippen molar-refractivity contribution in [2.75, 3.05) is 0 Å². The standard InChI is InChI=1S/C18H15ClFN3O/c1-11-3-2-4-12(7-11)17-15(10-22-23-17)18(24)21-9-13-5-6-14(20)8-16(13)19/h2-8,10H,9H2,1H3,(H,21,24)(H,22,23). The third-order valence-electron chi connectivity index (χ3n) is 3.65. The van der Waals surface area contributed by atoms with Gasteiger partial charge in [-0.3, -0.25) is 9.89 Å². The molecule has 24 heavy (non-hydrogen) atoms. The lowest BCUT2D eigenvalue weighted by molar-refractivity contribution is 0.0951. The molecule has 0 saturated carbocycles. The first kappa shape index (κ1) is 16.2. The van der Waals surface area contributed by atoms with Gasteiger partial charge in [0.05, 0.1) is 17.5 Å². The third kappa shape index (κ3) is 3.46. The quantitative estimate of drug-likeness (QED) is 0.749. The molecule has 1 aromatic heterocycles. The first-order valence-corrected chi connectivity index (χ1v) is 7.75. The van der Waals surface area contributed by atoms with Crippen molar-refractivity contribution in [1.82, 2.24) is 15.5 Å². The van der Waals surface area contributed by atoms with E-state index in [-0.39, 0.29) is 17.5 Å². The van der Waals surface area contributed by atoms with E-state index >= 15 is 0 Å². The Morgan fingerprint density at radius 2 is 2.12 bits per heavy atom. The number of hydrogen-bond acceptors (Lipinski definition) is 2. The number of amides is 1. The lowest BCUT2D eigenvalue weighted by Gasteiger charge is -2.08. The highest BCUT2D eigenvalue weighted by Crippen LogP contribution is 2.22. The van der Waals surface area contributed by atoms with Crippen LogP contribution in [0, 0.1) is 12.7 Å².